The molecule has 0 aliphatic rings. The number of rotatable bonds is 5. The lowest BCUT2D eigenvalue weighted by Gasteiger charge is -2.08. The maximum atomic E-state index is 11.4. The monoisotopic (exact) mass is 391 g/mol. The van der Waals surface area contributed by atoms with Gasteiger partial charge in [-0.1, -0.05) is 22.5 Å². The van der Waals surface area contributed by atoms with Crippen molar-refractivity contribution in [3.8, 4) is 5.75 Å². The zero-order chi connectivity index (χ0) is 14.3. The number of esters is 1. The summed E-state index contributed by atoms with van der Waals surface area (Å²) in [4.78, 5) is 22.2. The lowest BCUT2D eigenvalue weighted by atomic mass is 10.3. The van der Waals surface area contributed by atoms with Crippen LogP contribution in [0.4, 0.5) is 4.79 Å². The SMILES string of the molecule is C=CC(=O)OCCNC(=O)Oc1ccc(Br)cc1Br. The quantitative estimate of drug-likeness (QED) is 0.475. The molecule has 19 heavy (non-hydrogen) atoms. The van der Waals surface area contributed by atoms with E-state index in [0.29, 0.717) is 10.2 Å². The van der Waals surface area contributed by atoms with Gasteiger partial charge in [0.25, 0.3) is 0 Å². The molecule has 0 heterocycles. The fourth-order valence-corrected chi connectivity index (χ4v) is 2.19. The van der Waals surface area contributed by atoms with Crippen LogP contribution in [0, 0.1) is 0 Å². The highest BCUT2D eigenvalue weighted by Gasteiger charge is 2.07. The topological polar surface area (TPSA) is 64.6 Å². The number of benzene rings is 1. The molecule has 0 aliphatic carbocycles. The summed E-state index contributed by atoms with van der Waals surface area (Å²) in [6, 6.07) is 5.15. The Morgan fingerprint density at radius 1 is 1.37 bits per heavy atom. The van der Waals surface area contributed by atoms with Gasteiger partial charge in [0.15, 0.2) is 0 Å². The predicted octanol–water partition coefficient (Wildman–Crippen LogP) is 3.03. The van der Waals surface area contributed by atoms with Gasteiger partial charge in [-0.3, -0.25) is 0 Å². The van der Waals surface area contributed by atoms with Crippen LogP contribution in [-0.4, -0.2) is 25.2 Å². The molecule has 0 fully saturated rings. The smallest absolute Gasteiger partial charge is 0.412 e. The highest BCUT2D eigenvalue weighted by atomic mass is 79.9. The molecule has 1 aromatic carbocycles. The van der Waals surface area contributed by atoms with E-state index in [1.807, 2.05) is 0 Å². The van der Waals surface area contributed by atoms with Gasteiger partial charge in [-0.2, -0.15) is 0 Å². The van der Waals surface area contributed by atoms with Gasteiger partial charge in [0.2, 0.25) is 0 Å². The van der Waals surface area contributed by atoms with Gasteiger partial charge in [-0.05, 0) is 34.1 Å². The van der Waals surface area contributed by atoms with Gasteiger partial charge < -0.3 is 14.8 Å². The largest absolute Gasteiger partial charge is 0.461 e. The average Bonchev–Trinajstić information content (AvgIpc) is 2.37. The summed E-state index contributed by atoms with van der Waals surface area (Å²) in [6.07, 6.45) is 0.426. The van der Waals surface area contributed by atoms with Crippen LogP contribution in [0.1, 0.15) is 0 Å². The van der Waals surface area contributed by atoms with Crippen LogP contribution < -0.4 is 10.1 Å². The molecule has 0 bridgehead atoms. The van der Waals surface area contributed by atoms with Crippen molar-refractivity contribution in [2.45, 2.75) is 0 Å². The van der Waals surface area contributed by atoms with Gasteiger partial charge in [0, 0.05) is 10.5 Å². The number of carbonyl (C=O) groups is 2. The van der Waals surface area contributed by atoms with E-state index in [9.17, 15) is 9.59 Å². The predicted molar refractivity (Wildman–Crippen MR) is 77.0 cm³/mol. The van der Waals surface area contributed by atoms with Crippen LogP contribution >= 0.6 is 31.9 Å². The second-order valence-corrected chi connectivity index (χ2v) is 5.03. The van der Waals surface area contributed by atoms with Crippen molar-refractivity contribution >= 4 is 43.9 Å². The average molecular weight is 393 g/mol. The van der Waals surface area contributed by atoms with Crippen LogP contribution in [-0.2, 0) is 9.53 Å². The maximum Gasteiger partial charge on any atom is 0.412 e. The summed E-state index contributed by atoms with van der Waals surface area (Å²) in [6.45, 7) is 3.47. The first-order chi connectivity index (χ1) is 9.02. The first kappa shape index (κ1) is 15.7. The fraction of sp³-hybridized carbons (Fsp3) is 0.167. The van der Waals surface area contributed by atoms with Gasteiger partial charge in [0.1, 0.15) is 12.4 Å². The zero-order valence-electron chi connectivity index (χ0n) is 9.82. The number of nitrogens with one attached hydrogen (secondary N) is 1. The van der Waals surface area contributed by atoms with Crippen molar-refractivity contribution < 1.29 is 19.1 Å². The van der Waals surface area contributed by atoms with E-state index in [4.69, 9.17) is 4.74 Å². The van der Waals surface area contributed by atoms with E-state index >= 15 is 0 Å². The third-order valence-electron chi connectivity index (χ3n) is 1.88. The van der Waals surface area contributed by atoms with Crippen molar-refractivity contribution in [3.05, 3.63) is 39.8 Å². The van der Waals surface area contributed by atoms with E-state index in [2.05, 4.69) is 48.5 Å². The maximum absolute atomic E-state index is 11.4. The van der Waals surface area contributed by atoms with Gasteiger partial charge >= 0.3 is 12.1 Å². The van der Waals surface area contributed by atoms with Gasteiger partial charge in [0.05, 0.1) is 11.0 Å². The lowest BCUT2D eigenvalue weighted by Crippen LogP contribution is -2.30. The van der Waals surface area contributed by atoms with Crippen molar-refractivity contribution in [2.24, 2.45) is 0 Å². The van der Waals surface area contributed by atoms with Gasteiger partial charge in [-0.25, -0.2) is 9.59 Å². The highest BCUT2D eigenvalue weighted by Crippen LogP contribution is 2.28. The number of hydrogen-bond donors (Lipinski definition) is 1. The first-order valence-corrected chi connectivity index (χ1v) is 6.81. The summed E-state index contributed by atoms with van der Waals surface area (Å²) in [5.74, 6) is -0.144. The van der Waals surface area contributed by atoms with E-state index in [1.165, 1.54) is 0 Å². The molecule has 1 amide bonds. The molecule has 1 N–H and O–H groups in total. The fourth-order valence-electron chi connectivity index (χ4n) is 1.06. The standard InChI is InChI=1S/C12H11Br2NO4/c1-2-11(16)18-6-5-15-12(17)19-10-4-3-8(13)7-9(10)14/h2-4,7H,1,5-6H2,(H,15,17). The lowest BCUT2D eigenvalue weighted by molar-refractivity contribution is -0.137. The van der Waals surface area contributed by atoms with Crippen LogP contribution in [0.2, 0.25) is 0 Å². The molecule has 0 atom stereocenters. The molecule has 7 heteroatoms. The molecular formula is C12H11Br2NO4. The minimum absolute atomic E-state index is 0.0570. The Balaban J connectivity index is 2.35. The second-order valence-electron chi connectivity index (χ2n) is 3.26. The summed E-state index contributed by atoms with van der Waals surface area (Å²) in [5.41, 5.74) is 0. The second kappa shape index (κ2) is 7.96. The zero-order valence-corrected chi connectivity index (χ0v) is 13.0. The minimum Gasteiger partial charge on any atom is -0.461 e. The number of ether oxygens (including phenoxy) is 2. The summed E-state index contributed by atoms with van der Waals surface area (Å²) in [7, 11) is 0. The molecular weight excluding hydrogens is 382 g/mol. The number of carbonyl (C=O) groups excluding carboxylic acids is 2. The normalized spacial score (nSPS) is 9.58. The summed E-state index contributed by atoms with van der Waals surface area (Å²) < 4.78 is 11.3. The van der Waals surface area contributed by atoms with E-state index in [0.717, 1.165) is 10.5 Å². The van der Waals surface area contributed by atoms with Crippen molar-refractivity contribution in [1.82, 2.24) is 5.32 Å². The third kappa shape index (κ3) is 5.89. The molecule has 0 spiro atoms. The molecule has 0 unspecified atom stereocenters. The van der Waals surface area contributed by atoms with Crippen LogP contribution in [0.5, 0.6) is 5.75 Å². The number of halogens is 2. The van der Waals surface area contributed by atoms with Crippen molar-refractivity contribution in [3.63, 3.8) is 0 Å². The Morgan fingerprint density at radius 3 is 2.74 bits per heavy atom. The Labute approximate surface area is 127 Å². The van der Waals surface area contributed by atoms with E-state index < -0.39 is 12.1 Å². The third-order valence-corrected chi connectivity index (χ3v) is 2.99. The Hall–Kier alpha value is -1.34. The Bertz CT molecular complexity index is 491. The molecule has 0 aliphatic heterocycles. The molecule has 1 rings (SSSR count). The van der Waals surface area contributed by atoms with Crippen molar-refractivity contribution in [2.75, 3.05) is 13.2 Å². The van der Waals surface area contributed by atoms with E-state index in [1.54, 1.807) is 18.2 Å². The first-order valence-electron chi connectivity index (χ1n) is 5.23. The molecule has 5 nitrogen and oxygen atoms in total. The Morgan fingerprint density at radius 2 is 2.11 bits per heavy atom. The Kier molecular flexibility index (Phi) is 6.58. The molecule has 0 saturated carbocycles. The van der Waals surface area contributed by atoms with Crippen LogP contribution in [0.15, 0.2) is 39.8 Å². The molecule has 0 radical (unpaired) electrons. The molecule has 0 saturated heterocycles. The van der Waals surface area contributed by atoms with Crippen molar-refractivity contribution in [1.29, 1.82) is 0 Å². The highest BCUT2D eigenvalue weighted by molar-refractivity contribution is 9.11. The summed E-state index contributed by atoms with van der Waals surface area (Å²) >= 11 is 6.56. The van der Waals surface area contributed by atoms with E-state index in [-0.39, 0.29) is 13.2 Å². The van der Waals surface area contributed by atoms with Gasteiger partial charge in [-0.15, -0.1) is 0 Å². The number of hydrogen-bond acceptors (Lipinski definition) is 4. The minimum atomic E-state index is -0.627. The van der Waals surface area contributed by atoms with Crippen LogP contribution in [0.3, 0.4) is 0 Å². The number of amides is 1. The van der Waals surface area contributed by atoms with Crippen LogP contribution in [0.25, 0.3) is 0 Å². The molecule has 0 aromatic heterocycles. The summed E-state index contributed by atoms with van der Waals surface area (Å²) in [5, 5.41) is 2.45. The molecule has 102 valence electrons. The molecule has 1 aromatic rings.